The van der Waals surface area contributed by atoms with Crippen LogP contribution >= 0.6 is 15.9 Å². The lowest BCUT2D eigenvalue weighted by atomic mass is 10.1. The van der Waals surface area contributed by atoms with Gasteiger partial charge in [-0.3, -0.25) is 14.3 Å². The summed E-state index contributed by atoms with van der Waals surface area (Å²) in [5.74, 6) is 0. The average molecular weight is 387 g/mol. The molecule has 0 aliphatic carbocycles. The number of fused-ring (bicyclic) bond motifs is 1. The highest BCUT2D eigenvalue weighted by molar-refractivity contribution is 9.09. The van der Waals surface area contributed by atoms with E-state index in [0.29, 0.717) is 29.6 Å². The van der Waals surface area contributed by atoms with Gasteiger partial charge in [-0.05, 0) is 12.8 Å². The molecule has 0 fully saturated rings. The topological polar surface area (TPSA) is 92.9 Å². The van der Waals surface area contributed by atoms with E-state index in [1.165, 1.54) is 4.57 Å². The molecule has 0 saturated carbocycles. The summed E-state index contributed by atoms with van der Waals surface area (Å²) in [5, 5.41) is 9.28. The summed E-state index contributed by atoms with van der Waals surface area (Å²) in [7, 11) is 0. The lowest BCUT2D eigenvalue weighted by Crippen LogP contribution is -2.36. The minimum Gasteiger partial charge on any atom is -0.396 e. The van der Waals surface area contributed by atoms with Gasteiger partial charge in [0.25, 0.3) is 5.56 Å². The quantitative estimate of drug-likeness (QED) is 0.479. The molecule has 0 saturated heterocycles. The van der Waals surface area contributed by atoms with Crippen molar-refractivity contribution in [2.75, 3.05) is 11.9 Å². The van der Waals surface area contributed by atoms with Crippen molar-refractivity contribution < 1.29 is 5.11 Å². The van der Waals surface area contributed by atoms with Crippen LogP contribution in [0.25, 0.3) is 11.2 Å². The van der Waals surface area contributed by atoms with Crippen molar-refractivity contribution in [2.24, 2.45) is 0 Å². The second-order valence-electron chi connectivity index (χ2n) is 5.56. The second-order valence-corrected chi connectivity index (χ2v) is 6.35. The van der Waals surface area contributed by atoms with Gasteiger partial charge in [0.2, 0.25) is 0 Å². The largest absolute Gasteiger partial charge is 0.396 e. The van der Waals surface area contributed by atoms with Crippen molar-refractivity contribution in [2.45, 2.75) is 51.6 Å². The van der Waals surface area contributed by atoms with Crippen molar-refractivity contribution in [1.29, 1.82) is 0 Å². The van der Waals surface area contributed by atoms with Gasteiger partial charge < -0.3 is 9.67 Å². The normalized spacial score (nSPS) is 11.4. The maximum Gasteiger partial charge on any atom is 0.330 e. The molecular weight excluding hydrogens is 364 g/mol. The fourth-order valence-electron chi connectivity index (χ4n) is 2.64. The monoisotopic (exact) mass is 386 g/mol. The van der Waals surface area contributed by atoms with Crippen LogP contribution in [-0.4, -0.2) is 36.1 Å². The first kappa shape index (κ1) is 17.9. The fraction of sp³-hybridized carbons (Fsp3) is 0.667. The third-order valence-electron chi connectivity index (χ3n) is 3.87. The number of rotatable bonds is 10. The van der Waals surface area contributed by atoms with Crippen LogP contribution in [0.1, 0.15) is 38.5 Å². The van der Waals surface area contributed by atoms with Crippen LogP contribution in [0.15, 0.2) is 15.9 Å². The number of hydrogen-bond acceptors (Lipinski definition) is 4. The smallest absolute Gasteiger partial charge is 0.330 e. The Morgan fingerprint density at radius 2 is 1.78 bits per heavy atom. The van der Waals surface area contributed by atoms with E-state index in [-0.39, 0.29) is 12.2 Å². The number of halogens is 1. The molecule has 0 unspecified atom stereocenters. The molecule has 128 valence electrons. The number of nitrogens with one attached hydrogen (secondary N) is 1. The second kappa shape index (κ2) is 9.02. The highest BCUT2D eigenvalue weighted by atomic mass is 79.9. The van der Waals surface area contributed by atoms with E-state index in [0.717, 1.165) is 38.5 Å². The van der Waals surface area contributed by atoms with E-state index in [1.54, 1.807) is 6.33 Å². The summed E-state index contributed by atoms with van der Waals surface area (Å²) in [6, 6.07) is 0. The van der Waals surface area contributed by atoms with Crippen LogP contribution in [0.5, 0.6) is 0 Å². The Balaban J connectivity index is 2.03. The van der Waals surface area contributed by atoms with Crippen LogP contribution in [0.2, 0.25) is 0 Å². The van der Waals surface area contributed by atoms with E-state index in [1.807, 2.05) is 4.57 Å². The Hall–Kier alpha value is -1.41. The van der Waals surface area contributed by atoms with Gasteiger partial charge in [0.15, 0.2) is 11.2 Å². The first-order valence-electron chi connectivity index (χ1n) is 8.04. The lowest BCUT2D eigenvalue weighted by Gasteiger charge is -2.06. The minimum absolute atomic E-state index is 0.264. The number of aliphatic hydroxyl groups excluding tert-OH is 1. The number of nitrogens with zero attached hydrogens (tertiary/aromatic N) is 3. The van der Waals surface area contributed by atoms with Gasteiger partial charge in [-0.1, -0.05) is 41.6 Å². The van der Waals surface area contributed by atoms with Gasteiger partial charge in [0.1, 0.15) is 0 Å². The number of H-pyrrole nitrogens is 1. The molecule has 0 bridgehead atoms. The summed E-state index contributed by atoms with van der Waals surface area (Å²) >= 11 is 3.25. The SMILES string of the molecule is O=c1[nH]c2ncn(CCCCCCCCO)c2c(=O)n1CCBr. The van der Waals surface area contributed by atoms with Crippen LogP contribution in [-0.2, 0) is 13.1 Å². The molecule has 23 heavy (non-hydrogen) atoms. The zero-order chi connectivity index (χ0) is 16.7. The van der Waals surface area contributed by atoms with E-state index >= 15 is 0 Å². The number of hydrogen-bond donors (Lipinski definition) is 2. The van der Waals surface area contributed by atoms with Crippen LogP contribution < -0.4 is 11.2 Å². The molecule has 0 amide bonds. The molecule has 2 aromatic rings. The van der Waals surface area contributed by atoms with Crippen LogP contribution in [0.4, 0.5) is 0 Å². The summed E-state index contributed by atoms with van der Waals surface area (Å²) in [5.41, 5.74) is 0.110. The number of aryl methyl sites for hydroxylation is 1. The molecule has 0 aromatic carbocycles. The number of alkyl halides is 1. The highest BCUT2D eigenvalue weighted by Crippen LogP contribution is 2.09. The van der Waals surface area contributed by atoms with Crippen molar-refractivity contribution in [3.63, 3.8) is 0 Å². The van der Waals surface area contributed by atoms with Crippen molar-refractivity contribution in [3.8, 4) is 0 Å². The van der Waals surface area contributed by atoms with E-state index in [2.05, 4.69) is 25.9 Å². The first-order valence-corrected chi connectivity index (χ1v) is 9.16. The zero-order valence-electron chi connectivity index (χ0n) is 13.1. The molecule has 7 nitrogen and oxygen atoms in total. The van der Waals surface area contributed by atoms with E-state index < -0.39 is 5.69 Å². The molecule has 2 heterocycles. The van der Waals surface area contributed by atoms with E-state index in [9.17, 15) is 9.59 Å². The number of imidazole rings is 1. The summed E-state index contributed by atoms with van der Waals surface area (Å²) < 4.78 is 3.02. The Morgan fingerprint density at radius 1 is 1.09 bits per heavy atom. The number of aromatic nitrogens is 4. The molecule has 0 aliphatic heterocycles. The Bertz CT molecular complexity index is 734. The van der Waals surface area contributed by atoms with Gasteiger partial charge in [-0.25, -0.2) is 9.78 Å². The maximum atomic E-state index is 12.5. The predicted molar refractivity (Wildman–Crippen MR) is 93.2 cm³/mol. The van der Waals surface area contributed by atoms with Gasteiger partial charge >= 0.3 is 5.69 Å². The summed E-state index contributed by atoms with van der Waals surface area (Å²) in [6.45, 7) is 1.31. The molecule has 2 rings (SSSR count). The van der Waals surface area contributed by atoms with Crippen LogP contribution in [0.3, 0.4) is 0 Å². The Kier molecular flexibility index (Phi) is 7.04. The van der Waals surface area contributed by atoms with Crippen molar-refractivity contribution in [3.05, 3.63) is 27.2 Å². The molecule has 8 heteroatoms. The molecule has 2 N–H and O–H groups in total. The molecule has 0 spiro atoms. The predicted octanol–water partition coefficient (Wildman–Crippen LogP) is 1.61. The summed E-state index contributed by atoms with van der Waals surface area (Å²) in [6.07, 6.45) is 7.82. The number of aliphatic hydroxyl groups is 1. The molecule has 0 radical (unpaired) electrons. The van der Waals surface area contributed by atoms with Gasteiger partial charge in [0, 0.05) is 25.0 Å². The third-order valence-corrected chi connectivity index (χ3v) is 4.23. The summed E-state index contributed by atoms with van der Waals surface area (Å²) in [4.78, 5) is 31.1. The van der Waals surface area contributed by atoms with Gasteiger partial charge in [0.05, 0.1) is 6.33 Å². The zero-order valence-corrected chi connectivity index (χ0v) is 14.7. The molecule has 0 atom stereocenters. The van der Waals surface area contributed by atoms with Crippen molar-refractivity contribution >= 4 is 27.1 Å². The standard InChI is InChI=1S/C15H23BrN4O3/c16-7-9-20-14(22)12-13(18-15(20)23)17-11-19(12)8-5-3-1-2-4-6-10-21/h11,21H,1-10H2,(H,18,23). The fourth-order valence-corrected chi connectivity index (χ4v) is 3.00. The van der Waals surface area contributed by atoms with Gasteiger partial charge in [-0.15, -0.1) is 0 Å². The Morgan fingerprint density at radius 3 is 2.48 bits per heavy atom. The number of unbranched alkanes of at least 4 members (excludes halogenated alkanes) is 5. The average Bonchev–Trinajstić information content (AvgIpc) is 2.93. The molecule has 2 aromatic heterocycles. The molecule has 0 aliphatic rings. The maximum absolute atomic E-state index is 12.5. The highest BCUT2D eigenvalue weighted by Gasteiger charge is 2.12. The van der Waals surface area contributed by atoms with E-state index in [4.69, 9.17) is 5.11 Å². The third kappa shape index (κ3) is 4.54. The number of aromatic amines is 1. The molecular formula is C15H23BrN4O3. The Labute approximate surface area is 142 Å². The first-order chi connectivity index (χ1) is 11.2. The van der Waals surface area contributed by atoms with Crippen LogP contribution in [0, 0.1) is 0 Å². The lowest BCUT2D eigenvalue weighted by molar-refractivity contribution is 0.282. The minimum atomic E-state index is -0.420. The van der Waals surface area contributed by atoms with Crippen molar-refractivity contribution in [1.82, 2.24) is 19.1 Å². The van der Waals surface area contributed by atoms with Gasteiger partial charge in [-0.2, -0.15) is 0 Å².